The number of rotatable bonds is 6. The van der Waals surface area contributed by atoms with Crippen LogP contribution in [0.1, 0.15) is 26.2 Å². The summed E-state index contributed by atoms with van der Waals surface area (Å²) in [6.45, 7) is 4.13. The average molecular weight is 338 g/mol. The molecule has 1 saturated heterocycles. The van der Waals surface area contributed by atoms with Crippen LogP contribution in [0.15, 0.2) is 24.3 Å². The highest BCUT2D eigenvalue weighted by Crippen LogP contribution is 2.22. The Labute approximate surface area is 142 Å². The predicted molar refractivity (Wildman–Crippen MR) is 92.5 cm³/mol. The van der Waals surface area contributed by atoms with Gasteiger partial charge >= 0.3 is 0 Å². The number of anilines is 1. The van der Waals surface area contributed by atoms with Gasteiger partial charge in [0.25, 0.3) is 0 Å². The van der Waals surface area contributed by atoms with Crippen molar-refractivity contribution in [2.24, 2.45) is 11.8 Å². The van der Waals surface area contributed by atoms with Gasteiger partial charge in [0.05, 0.1) is 6.54 Å². The molecule has 2 rings (SSSR count). The molecule has 2 amide bonds. The molecule has 2 atom stereocenters. The first-order chi connectivity index (χ1) is 11.0. The van der Waals surface area contributed by atoms with Gasteiger partial charge in [-0.15, -0.1) is 0 Å². The van der Waals surface area contributed by atoms with Gasteiger partial charge in [-0.1, -0.05) is 18.5 Å². The van der Waals surface area contributed by atoms with Crippen LogP contribution in [-0.2, 0) is 9.59 Å². The Hall–Kier alpha value is -1.59. The summed E-state index contributed by atoms with van der Waals surface area (Å²) in [4.78, 5) is 23.8. The molecule has 1 aliphatic rings. The van der Waals surface area contributed by atoms with Crippen molar-refractivity contribution >= 4 is 29.1 Å². The van der Waals surface area contributed by atoms with Gasteiger partial charge < -0.3 is 16.0 Å². The molecule has 0 bridgehead atoms. The largest absolute Gasteiger partial charge is 0.347 e. The van der Waals surface area contributed by atoms with Crippen LogP contribution in [0.4, 0.5) is 5.69 Å². The van der Waals surface area contributed by atoms with Crippen molar-refractivity contribution < 1.29 is 9.59 Å². The van der Waals surface area contributed by atoms with E-state index in [9.17, 15) is 9.59 Å². The van der Waals surface area contributed by atoms with E-state index in [0.29, 0.717) is 29.0 Å². The molecule has 23 heavy (non-hydrogen) atoms. The van der Waals surface area contributed by atoms with Crippen LogP contribution in [0, 0.1) is 11.8 Å². The lowest BCUT2D eigenvalue weighted by atomic mass is 9.85. The fraction of sp³-hybridized carbons (Fsp3) is 0.529. The van der Waals surface area contributed by atoms with Crippen LogP contribution in [0.2, 0.25) is 5.02 Å². The van der Waals surface area contributed by atoms with Crippen molar-refractivity contribution in [3.8, 4) is 0 Å². The normalized spacial score (nSPS) is 19.0. The standard InChI is InChI=1S/C17H24ClN3O2/c1-12(13-3-2-8-19-10-13)9-16(22)20-11-17(23)21-15-6-4-14(18)5-7-15/h4-7,12-13,19H,2-3,8-11H2,1H3,(H,20,22)(H,21,23). The van der Waals surface area contributed by atoms with E-state index >= 15 is 0 Å². The van der Waals surface area contributed by atoms with Crippen molar-refractivity contribution in [1.29, 1.82) is 0 Å². The zero-order chi connectivity index (χ0) is 16.7. The maximum atomic E-state index is 12.0. The lowest BCUT2D eigenvalue weighted by Crippen LogP contribution is -2.37. The van der Waals surface area contributed by atoms with Gasteiger partial charge in [0.2, 0.25) is 11.8 Å². The third kappa shape index (κ3) is 6.20. The molecular formula is C17H24ClN3O2. The quantitative estimate of drug-likeness (QED) is 0.746. The molecule has 1 aliphatic heterocycles. The summed E-state index contributed by atoms with van der Waals surface area (Å²) in [5.74, 6) is 0.543. The summed E-state index contributed by atoms with van der Waals surface area (Å²) in [7, 11) is 0. The predicted octanol–water partition coefficient (Wildman–Crippen LogP) is 2.42. The van der Waals surface area contributed by atoms with E-state index < -0.39 is 0 Å². The molecule has 1 aromatic rings. The summed E-state index contributed by atoms with van der Waals surface area (Å²) < 4.78 is 0. The molecule has 0 aromatic heterocycles. The van der Waals surface area contributed by atoms with Gasteiger partial charge in [-0.3, -0.25) is 9.59 Å². The van der Waals surface area contributed by atoms with Crippen molar-refractivity contribution in [2.45, 2.75) is 26.2 Å². The molecule has 1 fully saturated rings. The van der Waals surface area contributed by atoms with E-state index in [1.165, 1.54) is 12.8 Å². The highest BCUT2D eigenvalue weighted by Gasteiger charge is 2.22. The molecule has 0 saturated carbocycles. The van der Waals surface area contributed by atoms with Gasteiger partial charge in [0.15, 0.2) is 0 Å². The first kappa shape index (κ1) is 17.8. The van der Waals surface area contributed by atoms with Crippen molar-refractivity contribution in [2.75, 3.05) is 25.0 Å². The Balaban J connectivity index is 1.68. The van der Waals surface area contributed by atoms with E-state index in [4.69, 9.17) is 11.6 Å². The van der Waals surface area contributed by atoms with Crippen LogP contribution in [0.5, 0.6) is 0 Å². The third-order valence-corrected chi connectivity index (χ3v) is 4.47. The van der Waals surface area contributed by atoms with Gasteiger partial charge in [-0.05, 0) is 62.0 Å². The smallest absolute Gasteiger partial charge is 0.243 e. The second-order valence-electron chi connectivity index (χ2n) is 6.12. The molecule has 5 nitrogen and oxygen atoms in total. The molecule has 126 valence electrons. The third-order valence-electron chi connectivity index (χ3n) is 4.22. The lowest BCUT2D eigenvalue weighted by Gasteiger charge is -2.27. The summed E-state index contributed by atoms with van der Waals surface area (Å²) >= 11 is 5.79. The van der Waals surface area contributed by atoms with Gasteiger partial charge in [0.1, 0.15) is 0 Å². The molecule has 0 spiro atoms. The molecule has 3 N–H and O–H groups in total. The number of nitrogens with one attached hydrogen (secondary N) is 3. The van der Waals surface area contributed by atoms with Crippen molar-refractivity contribution in [3.05, 3.63) is 29.3 Å². The number of hydrogen-bond donors (Lipinski definition) is 3. The summed E-state index contributed by atoms with van der Waals surface area (Å²) in [6, 6.07) is 6.85. The van der Waals surface area contributed by atoms with Crippen LogP contribution in [0.25, 0.3) is 0 Å². The number of halogens is 1. The Morgan fingerprint density at radius 1 is 1.30 bits per heavy atom. The van der Waals surface area contributed by atoms with Crippen LogP contribution in [0.3, 0.4) is 0 Å². The maximum Gasteiger partial charge on any atom is 0.243 e. The summed E-state index contributed by atoms with van der Waals surface area (Å²) in [6.07, 6.45) is 2.79. The monoisotopic (exact) mass is 337 g/mol. The summed E-state index contributed by atoms with van der Waals surface area (Å²) in [5.41, 5.74) is 0.662. The van der Waals surface area contributed by atoms with Crippen molar-refractivity contribution in [3.63, 3.8) is 0 Å². The van der Waals surface area contributed by atoms with Gasteiger partial charge in [0, 0.05) is 17.1 Å². The SMILES string of the molecule is CC(CC(=O)NCC(=O)Nc1ccc(Cl)cc1)C1CCCNC1. The van der Waals surface area contributed by atoms with Gasteiger partial charge in [-0.2, -0.15) is 0 Å². The Bertz CT molecular complexity index is 527. The lowest BCUT2D eigenvalue weighted by molar-refractivity contribution is -0.125. The minimum absolute atomic E-state index is 0.0168. The number of carbonyl (C=O) groups is 2. The van der Waals surface area contributed by atoms with Crippen molar-refractivity contribution in [1.82, 2.24) is 10.6 Å². The first-order valence-corrected chi connectivity index (χ1v) is 8.45. The number of amides is 2. The van der Waals surface area contributed by atoms with Crippen LogP contribution in [-0.4, -0.2) is 31.4 Å². The fourth-order valence-electron chi connectivity index (χ4n) is 2.81. The topological polar surface area (TPSA) is 70.2 Å². The van der Waals surface area contributed by atoms with E-state index in [0.717, 1.165) is 13.1 Å². The molecule has 0 radical (unpaired) electrons. The average Bonchev–Trinajstić information content (AvgIpc) is 2.56. The maximum absolute atomic E-state index is 12.0. The fourth-order valence-corrected chi connectivity index (χ4v) is 2.94. The minimum atomic E-state index is -0.243. The molecule has 0 aliphatic carbocycles. The molecule has 1 heterocycles. The second kappa shape index (κ2) is 8.89. The Morgan fingerprint density at radius 3 is 2.70 bits per heavy atom. The van der Waals surface area contributed by atoms with Crippen LogP contribution < -0.4 is 16.0 Å². The Kier molecular flexibility index (Phi) is 6.86. The zero-order valence-corrected chi connectivity index (χ0v) is 14.2. The first-order valence-electron chi connectivity index (χ1n) is 8.07. The summed E-state index contributed by atoms with van der Waals surface area (Å²) in [5, 5.41) is 9.38. The van der Waals surface area contributed by atoms with E-state index in [-0.39, 0.29) is 18.4 Å². The number of hydrogen-bond acceptors (Lipinski definition) is 3. The molecule has 6 heteroatoms. The van der Waals surface area contributed by atoms with Gasteiger partial charge in [-0.25, -0.2) is 0 Å². The highest BCUT2D eigenvalue weighted by molar-refractivity contribution is 6.30. The zero-order valence-electron chi connectivity index (χ0n) is 13.4. The number of benzene rings is 1. The molecule has 2 unspecified atom stereocenters. The Morgan fingerprint density at radius 2 is 2.04 bits per heavy atom. The number of piperidine rings is 1. The minimum Gasteiger partial charge on any atom is -0.347 e. The van der Waals surface area contributed by atoms with E-state index in [1.54, 1.807) is 24.3 Å². The number of carbonyl (C=O) groups excluding carboxylic acids is 2. The highest BCUT2D eigenvalue weighted by atomic mass is 35.5. The van der Waals surface area contributed by atoms with E-state index in [1.807, 2.05) is 0 Å². The molecule has 1 aromatic carbocycles. The molecular weight excluding hydrogens is 314 g/mol. The van der Waals surface area contributed by atoms with Crippen LogP contribution >= 0.6 is 11.6 Å². The van der Waals surface area contributed by atoms with E-state index in [2.05, 4.69) is 22.9 Å². The second-order valence-corrected chi connectivity index (χ2v) is 6.56.